The molecule has 0 unspecified atom stereocenters. The molecule has 2 rings (SSSR count). The Balaban J connectivity index is 2.39. The van der Waals surface area contributed by atoms with Crippen molar-refractivity contribution in [3.63, 3.8) is 0 Å². The van der Waals surface area contributed by atoms with Gasteiger partial charge in [-0.15, -0.1) is 0 Å². The van der Waals surface area contributed by atoms with Crippen LogP contribution >= 0.6 is 31.9 Å². The van der Waals surface area contributed by atoms with Crippen molar-refractivity contribution in [2.24, 2.45) is 0 Å². The lowest BCUT2D eigenvalue weighted by molar-refractivity contribution is 0.474. The maximum atomic E-state index is 12.1. The maximum Gasteiger partial charge on any atom is 0.263 e. The van der Waals surface area contributed by atoms with Gasteiger partial charge in [-0.1, -0.05) is 6.07 Å². The summed E-state index contributed by atoms with van der Waals surface area (Å²) in [6.45, 7) is 0. The molecule has 8 heteroatoms. The first-order chi connectivity index (χ1) is 8.90. The summed E-state index contributed by atoms with van der Waals surface area (Å²) in [5, 5.41) is 9.76. The van der Waals surface area contributed by atoms with Gasteiger partial charge in [0.2, 0.25) is 0 Å². The van der Waals surface area contributed by atoms with Gasteiger partial charge in [-0.25, -0.2) is 8.42 Å². The minimum absolute atomic E-state index is 0.00116. The van der Waals surface area contributed by atoms with Crippen LogP contribution < -0.4 is 4.72 Å². The number of hydrogen-bond acceptors (Lipinski definition) is 4. The lowest BCUT2D eigenvalue weighted by atomic mass is 10.3. The summed E-state index contributed by atoms with van der Waals surface area (Å²) in [6.07, 6.45) is 2.71. The highest BCUT2D eigenvalue weighted by atomic mass is 79.9. The standard InChI is InChI=1S/C11H8Br2N2O3S/c12-7-4-8(6-14-5-7)19(17,18)15-10-3-1-2-9(13)11(10)16/h1-6,15-16H. The SMILES string of the molecule is O=S(=O)(Nc1cccc(Br)c1O)c1cncc(Br)c1. The average Bonchev–Trinajstić information content (AvgIpc) is 2.35. The zero-order chi connectivity index (χ0) is 14.0. The van der Waals surface area contributed by atoms with E-state index in [0.29, 0.717) is 8.95 Å². The van der Waals surface area contributed by atoms with Crippen LogP contribution in [0.4, 0.5) is 5.69 Å². The largest absolute Gasteiger partial charge is 0.505 e. The first-order valence-corrected chi connectivity index (χ1v) is 8.08. The third-order valence-corrected chi connectivity index (χ3v) is 4.63. The Morgan fingerprint density at radius 2 is 1.95 bits per heavy atom. The molecule has 2 N–H and O–H groups in total. The molecule has 2 aromatic rings. The van der Waals surface area contributed by atoms with Gasteiger partial charge in [-0.2, -0.15) is 0 Å². The maximum absolute atomic E-state index is 12.1. The number of rotatable bonds is 3. The first kappa shape index (κ1) is 14.3. The quantitative estimate of drug-likeness (QED) is 0.766. The molecule has 0 spiro atoms. The monoisotopic (exact) mass is 406 g/mol. The van der Waals surface area contributed by atoms with Crippen LogP contribution in [0.1, 0.15) is 0 Å². The van der Waals surface area contributed by atoms with Crippen molar-refractivity contribution in [2.45, 2.75) is 4.90 Å². The summed E-state index contributed by atoms with van der Waals surface area (Å²) >= 11 is 6.27. The molecule has 100 valence electrons. The van der Waals surface area contributed by atoms with Crippen molar-refractivity contribution >= 4 is 47.6 Å². The predicted octanol–water partition coefficient (Wildman–Crippen LogP) is 3.11. The van der Waals surface area contributed by atoms with Gasteiger partial charge >= 0.3 is 0 Å². The summed E-state index contributed by atoms with van der Waals surface area (Å²) < 4.78 is 27.5. The topological polar surface area (TPSA) is 79.3 Å². The molecule has 0 atom stereocenters. The van der Waals surface area contributed by atoms with E-state index in [0.717, 1.165) is 0 Å². The molecule has 0 aliphatic heterocycles. The van der Waals surface area contributed by atoms with Crippen LogP contribution in [-0.2, 0) is 10.0 Å². The average molecular weight is 408 g/mol. The number of anilines is 1. The number of aromatic nitrogens is 1. The Bertz CT molecular complexity index is 720. The molecular formula is C11H8Br2N2O3S. The third kappa shape index (κ3) is 3.26. The molecule has 0 aliphatic carbocycles. The molecular weight excluding hydrogens is 400 g/mol. The normalized spacial score (nSPS) is 11.3. The van der Waals surface area contributed by atoms with Crippen LogP contribution in [0.15, 0.2) is 50.5 Å². The van der Waals surface area contributed by atoms with E-state index in [4.69, 9.17) is 0 Å². The van der Waals surface area contributed by atoms with Crippen molar-refractivity contribution in [1.29, 1.82) is 0 Å². The van der Waals surface area contributed by atoms with Gasteiger partial charge in [0.1, 0.15) is 4.90 Å². The lowest BCUT2D eigenvalue weighted by Crippen LogP contribution is -2.13. The summed E-state index contributed by atoms with van der Waals surface area (Å²) in [4.78, 5) is 3.80. The Morgan fingerprint density at radius 1 is 1.21 bits per heavy atom. The van der Waals surface area contributed by atoms with Gasteiger partial charge in [0.25, 0.3) is 10.0 Å². The summed E-state index contributed by atoms with van der Waals surface area (Å²) in [7, 11) is -3.80. The highest BCUT2D eigenvalue weighted by molar-refractivity contribution is 9.10. The molecule has 1 aromatic heterocycles. The minimum Gasteiger partial charge on any atom is -0.505 e. The number of nitrogens with zero attached hydrogens (tertiary/aromatic N) is 1. The number of pyridine rings is 1. The van der Waals surface area contributed by atoms with Crippen LogP contribution in [-0.4, -0.2) is 18.5 Å². The van der Waals surface area contributed by atoms with E-state index >= 15 is 0 Å². The number of phenolic OH excluding ortho intramolecular Hbond substituents is 1. The van der Waals surface area contributed by atoms with Gasteiger partial charge < -0.3 is 5.11 Å². The molecule has 1 heterocycles. The smallest absolute Gasteiger partial charge is 0.263 e. The zero-order valence-electron chi connectivity index (χ0n) is 9.34. The van der Waals surface area contributed by atoms with E-state index in [9.17, 15) is 13.5 Å². The van der Waals surface area contributed by atoms with Crippen LogP contribution in [0.25, 0.3) is 0 Å². The van der Waals surface area contributed by atoms with Crippen LogP contribution in [0, 0.1) is 0 Å². The van der Waals surface area contributed by atoms with Gasteiger partial charge in [0.05, 0.1) is 10.2 Å². The van der Waals surface area contributed by atoms with E-state index in [1.807, 2.05) is 0 Å². The molecule has 0 bridgehead atoms. The lowest BCUT2D eigenvalue weighted by Gasteiger charge is -2.10. The molecule has 0 radical (unpaired) electrons. The Morgan fingerprint density at radius 3 is 2.63 bits per heavy atom. The number of para-hydroxylation sites is 1. The summed E-state index contributed by atoms with van der Waals surface area (Å²) in [5.74, 6) is -0.172. The fraction of sp³-hybridized carbons (Fsp3) is 0. The Kier molecular flexibility index (Phi) is 4.12. The Labute approximate surface area is 127 Å². The highest BCUT2D eigenvalue weighted by Gasteiger charge is 2.17. The van der Waals surface area contributed by atoms with E-state index < -0.39 is 10.0 Å². The molecule has 0 saturated heterocycles. The number of phenols is 1. The van der Waals surface area contributed by atoms with Crippen LogP contribution in [0.5, 0.6) is 5.75 Å². The van der Waals surface area contributed by atoms with Crippen molar-refractivity contribution < 1.29 is 13.5 Å². The number of nitrogens with one attached hydrogen (secondary N) is 1. The van der Waals surface area contributed by atoms with E-state index in [1.54, 1.807) is 12.1 Å². The third-order valence-electron chi connectivity index (χ3n) is 2.22. The van der Waals surface area contributed by atoms with Gasteiger partial charge in [0.15, 0.2) is 5.75 Å². The minimum atomic E-state index is -3.80. The van der Waals surface area contributed by atoms with Gasteiger partial charge in [0, 0.05) is 16.9 Å². The van der Waals surface area contributed by atoms with Gasteiger partial charge in [-0.3, -0.25) is 9.71 Å². The highest BCUT2D eigenvalue weighted by Crippen LogP contribution is 2.33. The van der Waals surface area contributed by atoms with E-state index in [-0.39, 0.29) is 16.3 Å². The number of sulfonamides is 1. The molecule has 5 nitrogen and oxygen atoms in total. The summed E-state index contributed by atoms with van der Waals surface area (Å²) in [5.41, 5.74) is 0.0920. The zero-order valence-corrected chi connectivity index (χ0v) is 13.3. The fourth-order valence-electron chi connectivity index (χ4n) is 1.34. The predicted molar refractivity (Wildman–Crippen MR) is 78.6 cm³/mol. The van der Waals surface area contributed by atoms with E-state index in [1.165, 1.54) is 24.5 Å². The molecule has 0 saturated carbocycles. The Hall–Kier alpha value is -1.12. The fourth-order valence-corrected chi connectivity index (χ4v) is 3.28. The second-order valence-electron chi connectivity index (χ2n) is 3.58. The van der Waals surface area contributed by atoms with Crippen molar-refractivity contribution in [2.75, 3.05) is 4.72 Å². The summed E-state index contributed by atoms with van der Waals surface area (Å²) in [6, 6.07) is 6.10. The van der Waals surface area contributed by atoms with E-state index in [2.05, 4.69) is 41.6 Å². The number of halogens is 2. The number of benzene rings is 1. The van der Waals surface area contributed by atoms with Crippen molar-refractivity contribution in [1.82, 2.24) is 4.98 Å². The second-order valence-corrected chi connectivity index (χ2v) is 7.03. The van der Waals surface area contributed by atoms with Crippen LogP contribution in [0.3, 0.4) is 0 Å². The number of aromatic hydroxyl groups is 1. The molecule has 0 fully saturated rings. The van der Waals surface area contributed by atoms with Gasteiger partial charge in [-0.05, 0) is 50.1 Å². The molecule has 0 aliphatic rings. The molecule has 1 aromatic carbocycles. The molecule has 0 amide bonds. The molecule has 19 heavy (non-hydrogen) atoms. The first-order valence-electron chi connectivity index (χ1n) is 5.01. The van der Waals surface area contributed by atoms with Crippen molar-refractivity contribution in [3.8, 4) is 5.75 Å². The number of hydrogen-bond donors (Lipinski definition) is 2. The van der Waals surface area contributed by atoms with Crippen LogP contribution in [0.2, 0.25) is 0 Å². The van der Waals surface area contributed by atoms with Crippen molar-refractivity contribution in [3.05, 3.63) is 45.6 Å². The second kappa shape index (κ2) is 5.48.